The zero-order chi connectivity index (χ0) is 18.3. The van der Waals surface area contributed by atoms with Gasteiger partial charge in [-0.15, -0.1) is 0 Å². The quantitative estimate of drug-likeness (QED) is 0.599. The first kappa shape index (κ1) is 17.7. The third-order valence-corrected chi connectivity index (χ3v) is 7.89. The Morgan fingerprint density at radius 1 is 1.15 bits per heavy atom. The minimum Gasteiger partial charge on any atom is -0.461 e. The molecule has 0 bridgehead atoms. The van der Waals surface area contributed by atoms with E-state index in [4.69, 9.17) is 4.74 Å². The summed E-state index contributed by atoms with van der Waals surface area (Å²) in [6.45, 7) is 2.28. The van der Waals surface area contributed by atoms with E-state index in [2.05, 4.69) is 12.2 Å². The molecule has 4 atom stereocenters. The van der Waals surface area contributed by atoms with Crippen LogP contribution in [0, 0.1) is 18.8 Å². The summed E-state index contributed by atoms with van der Waals surface area (Å²) in [6, 6.07) is 6.07. The highest BCUT2D eigenvalue weighted by molar-refractivity contribution is 7.89. The summed E-state index contributed by atoms with van der Waals surface area (Å²) < 4.78 is 33.1. The number of sulfonamides is 1. The number of ether oxygens (including phenoxy) is 1. The fourth-order valence-electron chi connectivity index (χ4n) is 4.51. The largest absolute Gasteiger partial charge is 0.461 e. The van der Waals surface area contributed by atoms with Crippen molar-refractivity contribution in [3.8, 4) is 0 Å². The molecular formula is C20H25NO4S. The Labute approximate surface area is 155 Å². The van der Waals surface area contributed by atoms with Crippen molar-refractivity contribution in [1.29, 1.82) is 0 Å². The van der Waals surface area contributed by atoms with Gasteiger partial charge in [0.2, 0.25) is 10.0 Å². The smallest absolute Gasteiger partial charge is 0.324 e. The predicted octanol–water partition coefficient (Wildman–Crippen LogP) is 3.05. The van der Waals surface area contributed by atoms with E-state index in [0.29, 0.717) is 31.2 Å². The number of hydrogen-bond donors (Lipinski definition) is 0. The van der Waals surface area contributed by atoms with E-state index in [1.165, 1.54) is 4.31 Å². The minimum absolute atomic E-state index is 0.101. The lowest BCUT2D eigenvalue weighted by Gasteiger charge is -2.25. The molecule has 2 fully saturated rings. The summed E-state index contributed by atoms with van der Waals surface area (Å²) in [5, 5.41) is 0. The van der Waals surface area contributed by atoms with Crippen molar-refractivity contribution in [3.63, 3.8) is 0 Å². The number of benzene rings is 1. The standard InChI is InChI=1S/C20H25NO4S/c1-14-7-10-16(11-8-14)26(23,24)21-13-3-6-18(21)20(22)25-19-12-9-15-4-2-5-17(15)19/h2,5,7-8,10-11,15,17-19H,3-4,6,9,12-13H2,1H3/t15-,17-,18+,19+/m1/s1. The van der Waals surface area contributed by atoms with Crippen molar-refractivity contribution in [3.05, 3.63) is 42.0 Å². The average Bonchev–Trinajstić information content (AvgIpc) is 3.33. The summed E-state index contributed by atoms with van der Waals surface area (Å²) in [6.07, 6.45) is 8.45. The van der Waals surface area contributed by atoms with E-state index in [1.807, 2.05) is 6.92 Å². The van der Waals surface area contributed by atoms with Gasteiger partial charge in [-0.05, 0) is 57.1 Å². The number of esters is 1. The van der Waals surface area contributed by atoms with Crippen LogP contribution in [0.3, 0.4) is 0 Å². The van der Waals surface area contributed by atoms with Crippen LogP contribution >= 0.6 is 0 Å². The molecule has 3 aliphatic rings. The molecule has 1 saturated heterocycles. The molecule has 4 rings (SSSR count). The van der Waals surface area contributed by atoms with Gasteiger partial charge < -0.3 is 4.74 Å². The Balaban J connectivity index is 1.50. The Morgan fingerprint density at radius 3 is 2.69 bits per heavy atom. The van der Waals surface area contributed by atoms with E-state index in [0.717, 1.165) is 24.8 Å². The Morgan fingerprint density at radius 2 is 1.92 bits per heavy atom. The van der Waals surface area contributed by atoms with Crippen LogP contribution in [0.25, 0.3) is 0 Å². The Hall–Kier alpha value is -1.66. The topological polar surface area (TPSA) is 63.7 Å². The molecule has 26 heavy (non-hydrogen) atoms. The van der Waals surface area contributed by atoms with Gasteiger partial charge in [0.15, 0.2) is 0 Å². The summed E-state index contributed by atoms with van der Waals surface area (Å²) in [7, 11) is -3.68. The first-order valence-corrected chi connectivity index (χ1v) is 10.9. The fourth-order valence-corrected chi connectivity index (χ4v) is 6.15. The summed E-state index contributed by atoms with van der Waals surface area (Å²) in [5.74, 6) is 0.510. The lowest BCUT2D eigenvalue weighted by molar-refractivity contribution is -0.154. The second kappa shape index (κ2) is 6.82. The van der Waals surface area contributed by atoms with Crippen LogP contribution in [0.5, 0.6) is 0 Å². The zero-order valence-electron chi connectivity index (χ0n) is 15.0. The molecule has 0 radical (unpaired) electrons. The third-order valence-electron chi connectivity index (χ3n) is 5.96. The average molecular weight is 375 g/mol. The van der Waals surface area contributed by atoms with Gasteiger partial charge in [-0.3, -0.25) is 4.79 Å². The molecule has 1 heterocycles. The van der Waals surface area contributed by atoms with Gasteiger partial charge in [-0.25, -0.2) is 8.42 Å². The number of hydrogen-bond acceptors (Lipinski definition) is 4. The highest BCUT2D eigenvalue weighted by Crippen LogP contribution is 2.41. The van der Waals surface area contributed by atoms with E-state index in [9.17, 15) is 13.2 Å². The van der Waals surface area contributed by atoms with Crippen LogP contribution in [0.15, 0.2) is 41.3 Å². The van der Waals surface area contributed by atoms with Gasteiger partial charge >= 0.3 is 5.97 Å². The Kier molecular flexibility index (Phi) is 4.65. The minimum atomic E-state index is -3.68. The van der Waals surface area contributed by atoms with Crippen LogP contribution in [0.2, 0.25) is 0 Å². The highest BCUT2D eigenvalue weighted by Gasteiger charge is 2.44. The molecule has 1 aliphatic heterocycles. The van der Waals surface area contributed by atoms with Gasteiger partial charge in [0.05, 0.1) is 4.90 Å². The molecule has 0 unspecified atom stereocenters. The number of fused-ring (bicyclic) bond motifs is 1. The van der Waals surface area contributed by atoms with Crippen molar-refractivity contribution >= 4 is 16.0 Å². The second-order valence-corrected chi connectivity index (χ2v) is 9.53. The lowest BCUT2D eigenvalue weighted by Crippen LogP contribution is -2.42. The molecule has 0 N–H and O–H groups in total. The first-order chi connectivity index (χ1) is 12.5. The van der Waals surface area contributed by atoms with Crippen molar-refractivity contribution < 1.29 is 17.9 Å². The second-order valence-electron chi connectivity index (χ2n) is 7.64. The van der Waals surface area contributed by atoms with E-state index < -0.39 is 16.1 Å². The summed E-state index contributed by atoms with van der Waals surface area (Å²) >= 11 is 0. The molecule has 2 aliphatic carbocycles. The molecule has 0 amide bonds. The van der Waals surface area contributed by atoms with Gasteiger partial charge in [0.25, 0.3) is 0 Å². The van der Waals surface area contributed by atoms with Gasteiger partial charge in [0, 0.05) is 12.5 Å². The monoisotopic (exact) mass is 375 g/mol. The number of nitrogens with zero attached hydrogens (tertiary/aromatic N) is 1. The number of allylic oxidation sites excluding steroid dienone is 1. The number of carbonyl (C=O) groups excluding carboxylic acids is 1. The van der Waals surface area contributed by atoms with Crippen molar-refractivity contribution in [2.24, 2.45) is 11.8 Å². The highest BCUT2D eigenvalue weighted by atomic mass is 32.2. The van der Waals surface area contributed by atoms with Crippen molar-refractivity contribution in [2.45, 2.75) is 56.1 Å². The first-order valence-electron chi connectivity index (χ1n) is 9.42. The van der Waals surface area contributed by atoms with E-state index in [-0.39, 0.29) is 17.0 Å². The van der Waals surface area contributed by atoms with Crippen LogP contribution < -0.4 is 0 Å². The maximum absolute atomic E-state index is 13.0. The van der Waals surface area contributed by atoms with Crippen LogP contribution in [-0.4, -0.2) is 37.4 Å². The fraction of sp³-hybridized carbons (Fsp3) is 0.550. The van der Waals surface area contributed by atoms with Crippen molar-refractivity contribution in [1.82, 2.24) is 4.31 Å². The van der Waals surface area contributed by atoms with Crippen LogP contribution in [0.4, 0.5) is 0 Å². The normalized spacial score (nSPS) is 31.3. The number of carbonyl (C=O) groups is 1. The molecule has 5 nitrogen and oxygen atoms in total. The van der Waals surface area contributed by atoms with E-state index in [1.54, 1.807) is 24.3 Å². The third kappa shape index (κ3) is 3.09. The predicted molar refractivity (Wildman–Crippen MR) is 97.9 cm³/mol. The summed E-state index contributed by atoms with van der Waals surface area (Å²) in [5.41, 5.74) is 1.00. The molecule has 1 aromatic rings. The maximum Gasteiger partial charge on any atom is 0.324 e. The molecule has 1 saturated carbocycles. The molecule has 0 spiro atoms. The maximum atomic E-state index is 13.0. The zero-order valence-corrected chi connectivity index (χ0v) is 15.8. The molecular weight excluding hydrogens is 350 g/mol. The molecule has 0 aromatic heterocycles. The SMILES string of the molecule is Cc1ccc(S(=O)(=O)N2CCC[C@H]2C(=O)O[C@H]2CC[C@H]3CC=C[C@H]32)cc1. The van der Waals surface area contributed by atoms with Gasteiger partial charge in [-0.2, -0.15) is 4.31 Å². The Bertz CT molecular complexity index is 815. The molecule has 6 heteroatoms. The van der Waals surface area contributed by atoms with Gasteiger partial charge in [-0.1, -0.05) is 29.8 Å². The lowest BCUT2D eigenvalue weighted by atomic mass is 9.99. The molecule has 1 aromatic carbocycles. The van der Waals surface area contributed by atoms with Crippen LogP contribution in [0.1, 0.15) is 37.7 Å². The number of aryl methyl sites for hydroxylation is 1. The van der Waals surface area contributed by atoms with E-state index >= 15 is 0 Å². The summed E-state index contributed by atoms with van der Waals surface area (Å²) in [4.78, 5) is 13.0. The van der Waals surface area contributed by atoms with Crippen molar-refractivity contribution in [2.75, 3.05) is 6.54 Å². The van der Waals surface area contributed by atoms with Crippen LogP contribution in [-0.2, 0) is 19.6 Å². The molecule has 140 valence electrons. The van der Waals surface area contributed by atoms with Gasteiger partial charge in [0.1, 0.15) is 12.1 Å². The number of rotatable bonds is 4.